The van der Waals surface area contributed by atoms with Crippen LogP contribution in [0.25, 0.3) is 0 Å². The number of likely N-dealkylation sites (tertiary alicyclic amines) is 1. The molecule has 0 aromatic heterocycles. The largest absolute Gasteiger partial charge is 0.375 e. The average Bonchev–Trinajstić information content (AvgIpc) is 2.56. The van der Waals surface area contributed by atoms with Crippen LogP contribution in [-0.2, 0) is 4.74 Å². The molecule has 3 nitrogen and oxygen atoms in total. The van der Waals surface area contributed by atoms with Gasteiger partial charge in [-0.2, -0.15) is 5.26 Å². The standard InChI is InChI=1S/C18H26N2O.C3H8/c1-4-21-18(3)11-13-20(17(14-18)10-12-19)15(2)16-8-6-5-7-9-16;1-3-2/h5-9,15,17H,4,10-11,13-14H2,1-3H3;3H2,1-2H3/t15-,17-,18?;/m1./s1. The lowest BCUT2D eigenvalue weighted by Crippen LogP contribution is -2.51. The van der Waals surface area contributed by atoms with Gasteiger partial charge in [0.1, 0.15) is 0 Å². The van der Waals surface area contributed by atoms with E-state index in [0.29, 0.717) is 12.5 Å². The molecule has 1 aliphatic rings. The molecule has 1 unspecified atom stereocenters. The minimum absolute atomic E-state index is 0.0802. The average molecular weight is 331 g/mol. The lowest BCUT2D eigenvalue weighted by molar-refractivity contribution is -0.0903. The van der Waals surface area contributed by atoms with E-state index in [-0.39, 0.29) is 11.6 Å². The maximum atomic E-state index is 9.17. The molecule has 1 aromatic rings. The minimum atomic E-state index is -0.0802. The summed E-state index contributed by atoms with van der Waals surface area (Å²) >= 11 is 0. The quantitative estimate of drug-likeness (QED) is 0.731. The molecular formula is C21H34N2O. The van der Waals surface area contributed by atoms with Gasteiger partial charge < -0.3 is 4.74 Å². The van der Waals surface area contributed by atoms with Crippen molar-refractivity contribution in [1.82, 2.24) is 4.90 Å². The number of benzene rings is 1. The molecule has 0 N–H and O–H groups in total. The third-order valence-corrected chi connectivity index (χ3v) is 4.63. The van der Waals surface area contributed by atoms with Crippen LogP contribution in [0.4, 0.5) is 0 Å². The van der Waals surface area contributed by atoms with Crippen LogP contribution in [0.2, 0.25) is 0 Å². The molecule has 1 fully saturated rings. The number of hydrogen-bond acceptors (Lipinski definition) is 3. The fourth-order valence-electron chi connectivity index (χ4n) is 3.47. The van der Waals surface area contributed by atoms with Crippen LogP contribution in [0.3, 0.4) is 0 Å². The van der Waals surface area contributed by atoms with Gasteiger partial charge in [-0.05, 0) is 39.2 Å². The van der Waals surface area contributed by atoms with E-state index in [9.17, 15) is 5.26 Å². The van der Waals surface area contributed by atoms with Crippen molar-refractivity contribution in [3.63, 3.8) is 0 Å². The SMILES string of the molecule is CCC.CCOC1(C)CCN([C@H](C)c2ccccc2)[C@H](CC#N)C1. The van der Waals surface area contributed by atoms with Crippen LogP contribution in [0.15, 0.2) is 30.3 Å². The van der Waals surface area contributed by atoms with Crippen LogP contribution < -0.4 is 0 Å². The van der Waals surface area contributed by atoms with E-state index in [1.165, 1.54) is 12.0 Å². The Labute approximate surface area is 148 Å². The zero-order valence-electron chi connectivity index (χ0n) is 16.1. The van der Waals surface area contributed by atoms with Crippen molar-refractivity contribution >= 4 is 0 Å². The van der Waals surface area contributed by atoms with Gasteiger partial charge in [-0.3, -0.25) is 4.90 Å². The van der Waals surface area contributed by atoms with E-state index in [0.717, 1.165) is 26.0 Å². The van der Waals surface area contributed by atoms with Crippen LogP contribution in [0.1, 0.15) is 71.9 Å². The second kappa shape index (κ2) is 10.5. The van der Waals surface area contributed by atoms with E-state index in [1.54, 1.807) is 0 Å². The van der Waals surface area contributed by atoms with Crippen molar-refractivity contribution < 1.29 is 4.74 Å². The van der Waals surface area contributed by atoms with Gasteiger partial charge >= 0.3 is 0 Å². The first-order chi connectivity index (χ1) is 11.5. The van der Waals surface area contributed by atoms with Gasteiger partial charge in [-0.25, -0.2) is 0 Å². The van der Waals surface area contributed by atoms with Gasteiger partial charge in [0.25, 0.3) is 0 Å². The summed E-state index contributed by atoms with van der Waals surface area (Å²) in [6, 6.07) is 13.5. The Kier molecular flexibility index (Phi) is 9.03. The fraction of sp³-hybridized carbons (Fsp3) is 0.667. The first-order valence-corrected chi connectivity index (χ1v) is 9.32. The van der Waals surface area contributed by atoms with E-state index in [4.69, 9.17) is 4.74 Å². The topological polar surface area (TPSA) is 36.3 Å². The minimum Gasteiger partial charge on any atom is -0.375 e. The lowest BCUT2D eigenvalue weighted by Gasteiger charge is -2.46. The number of nitriles is 1. The Bertz CT molecular complexity index is 496. The van der Waals surface area contributed by atoms with Gasteiger partial charge in [0.2, 0.25) is 0 Å². The first-order valence-electron chi connectivity index (χ1n) is 9.32. The molecule has 1 saturated heterocycles. The Hall–Kier alpha value is -1.37. The second-order valence-electron chi connectivity index (χ2n) is 6.88. The number of hydrogen-bond donors (Lipinski definition) is 0. The Balaban J connectivity index is 0.000000891. The molecule has 0 saturated carbocycles. The first kappa shape index (κ1) is 20.7. The maximum absolute atomic E-state index is 9.17. The van der Waals surface area contributed by atoms with Crippen molar-refractivity contribution in [2.75, 3.05) is 13.2 Å². The molecule has 3 atom stereocenters. The summed E-state index contributed by atoms with van der Waals surface area (Å²) in [6.45, 7) is 12.4. The molecule has 0 amide bonds. The zero-order chi connectivity index (χ0) is 18.0. The van der Waals surface area contributed by atoms with Crippen molar-refractivity contribution in [3.05, 3.63) is 35.9 Å². The van der Waals surface area contributed by atoms with Gasteiger partial charge in [0.05, 0.1) is 18.1 Å². The molecule has 0 radical (unpaired) electrons. The monoisotopic (exact) mass is 330 g/mol. The Morgan fingerprint density at radius 3 is 2.46 bits per heavy atom. The third-order valence-electron chi connectivity index (χ3n) is 4.63. The molecule has 0 bridgehead atoms. The fourth-order valence-corrected chi connectivity index (χ4v) is 3.47. The molecule has 3 heteroatoms. The summed E-state index contributed by atoms with van der Waals surface area (Å²) < 4.78 is 5.94. The maximum Gasteiger partial charge on any atom is 0.0681 e. The third kappa shape index (κ3) is 5.92. The highest BCUT2D eigenvalue weighted by Gasteiger charge is 2.38. The molecule has 134 valence electrons. The second-order valence-corrected chi connectivity index (χ2v) is 6.88. The van der Waals surface area contributed by atoms with Gasteiger partial charge in [0, 0.05) is 25.2 Å². The number of nitrogens with zero attached hydrogens (tertiary/aromatic N) is 2. The smallest absolute Gasteiger partial charge is 0.0681 e. The molecule has 1 heterocycles. The summed E-state index contributed by atoms with van der Waals surface area (Å²) in [5.41, 5.74) is 1.24. The van der Waals surface area contributed by atoms with Gasteiger partial charge in [-0.15, -0.1) is 0 Å². The van der Waals surface area contributed by atoms with Crippen LogP contribution in [-0.4, -0.2) is 29.7 Å². The summed E-state index contributed by atoms with van der Waals surface area (Å²) in [6.07, 6.45) is 3.78. The van der Waals surface area contributed by atoms with Gasteiger partial charge in [0.15, 0.2) is 0 Å². The zero-order valence-corrected chi connectivity index (χ0v) is 16.1. The predicted octanol–water partition coefficient (Wildman–Crippen LogP) is 5.34. The lowest BCUT2D eigenvalue weighted by atomic mass is 9.85. The summed E-state index contributed by atoms with van der Waals surface area (Å²) in [5, 5.41) is 9.17. The van der Waals surface area contributed by atoms with Crippen molar-refractivity contribution in [2.24, 2.45) is 0 Å². The van der Waals surface area contributed by atoms with Crippen molar-refractivity contribution in [2.45, 2.75) is 78.0 Å². The molecular weight excluding hydrogens is 296 g/mol. The summed E-state index contributed by atoms with van der Waals surface area (Å²) in [7, 11) is 0. The van der Waals surface area contributed by atoms with E-state index in [1.807, 2.05) is 13.0 Å². The molecule has 1 aromatic carbocycles. The summed E-state index contributed by atoms with van der Waals surface area (Å²) in [4.78, 5) is 2.47. The van der Waals surface area contributed by atoms with E-state index < -0.39 is 0 Å². The molecule has 1 aliphatic heterocycles. The van der Waals surface area contributed by atoms with Crippen molar-refractivity contribution in [3.8, 4) is 6.07 Å². The van der Waals surface area contributed by atoms with Crippen LogP contribution >= 0.6 is 0 Å². The number of ether oxygens (including phenoxy) is 1. The highest BCUT2D eigenvalue weighted by atomic mass is 16.5. The number of piperidine rings is 1. The normalized spacial score (nSPS) is 25.2. The molecule has 0 aliphatic carbocycles. The highest BCUT2D eigenvalue weighted by Crippen LogP contribution is 2.36. The predicted molar refractivity (Wildman–Crippen MR) is 101 cm³/mol. The highest BCUT2D eigenvalue weighted by molar-refractivity contribution is 5.19. The Morgan fingerprint density at radius 2 is 1.92 bits per heavy atom. The molecule has 24 heavy (non-hydrogen) atoms. The number of rotatable bonds is 5. The van der Waals surface area contributed by atoms with E-state index >= 15 is 0 Å². The van der Waals surface area contributed by atoms with Crippen molar-refractivity contribution in [1.29, 1.82) is 5.26 Å². The molecule has 2 rings (SSSR count). The summed E-state index contributed by atoms with van der Waals surface area (Å²) in [5.74, 6) is 0. The van der Waals surface area contributed by atoms with E-state index in [2.05, 4.69) is 62.9 Å². The van der Waals surface area contributed by atoms with Gasteiger partial charge in [-0.1, -0.05) is 50.6 Å². The molecule has 0 spiro atoms. The Morgan fingerprint density at radius 1 is 1.29 bits per heavy atom. The van der Waals surface area contributed by atoms with Crippen LogP contribution in [0, 0.1) is 11.3 Å². The van der Waals surface area contributed by atoms with Crippen LogP contribution in [0.5, 0.6) is 0 Å².